The van der Waals surface area contributed by atoms with Crippen LogP contribution >= 0.6 is 0 Å². The van der Waals surface area contributed by atoms with Crippen molar-refractivity contribution in [2.24, 2.45) is 0 Å². The van der Waals surface area contributed by atoms with Crippen molar-refractivity contribution in [1.82, 2.24) is 5.32 Å². The molecule has 1 saturated heterocycles. The highest BCUT2D eigenvalue weighted by Gasteiger charge is 2.30. The molecular weight excluding hydrogens is 302 g/mol. The lowest BCUT2D eigenvalue weighted by Crippen LogP contribution is -2.41. The first-order chi connectivity index (χ1) is 10.3. The second kappa shape index (κ2) is 6.79. The maximum atomic E-state index is 12.5. The Morgan fingerprint density at radius 3 is 2.68 bits per heavy atom. The first-order valence-corrected chi connectivity index (χ1v) is 9.07. The van der Waals surface area contributed by atoms with Gasteiger partial charge in [0.15, 0.2) is 9.84 Å². The number of hydrogen-bond donors (Lipinski definition) is 1. The average molecular weight is 325 g/mol. The van der Waals surface area contributed by atoms with Crippen LogP contribution in [0.5, 0.6) is 0 Å². The molecule has 0 aliphatic carbocycles. The lowest BCUT2D eigenvalue weighted by molar-refractivity contribution is -0.120. The third-order valence-electron chi connectivity index (χ3n) is 4.17. The summed E-state index contributed by atoms with van der Waals surface area (Å²) in [6.07, 6.45) is 1.88. The SMILES string of the molecule is Cc1ccc(S(=O)(=O)[C@H](C)C(=O)NC[C@H]2CCCO2)cc1C. The Balaban J connectivity index is 2.06. The maximum absolute atomic E-state index is 12.5. The zero-order chi connectivity index (χ0) is 16.3. The largest absolute Gasteiger partial charge is 0.376 e. The number of sulfone groups is 1. The Bertz CT molecular complexity index is 648. The van der Waals surface area contributed by atoms with E-state index >= 15 is 0 Å². The molecule has 1 fully saturated rings. The molecule has 5 nitrogen and oxygen atoms in total. The topological polar surface area (TPSA) is 72.5 Å². The highest BCUT2D eigenvalue weighted by molar-refractivity contribution is 7.92. The molecule has 0 radical (unpaired) electrons. The molecule has 6 heteroatoms. The summed E-state index contributed by atoms with van der Waals surface area (Å²) in [5, 5.41) is 1.57. The van der Waals surface area contributed by atoms with Crippen LogP contribution in [0, 0.1) is 13.8 Å². The molecule has 0 aromatic heterocycles. The first kappa shape index (κ1) is 17.0. The van der Waals surface area contributed by atoms with Gasteiger partial charge in [0.25, 0.3) is 0 Å². The fourth-order valence-corrected chi connectivity index (χ4v) is 3.77. The fraction of sp³-hybridized carbons (Fsp3) is 0.562. The third kappa shape index (κ3) is 3.67. The number of hydrogen-bond acceptors (Lipinski definition) is 4. The molecule has 1 heterocycles. The van der Waals surface area contributed by atoms with Crippen LogP contribution in [0.1, 0.15) is 30.9 Å². The molecule has 0 bridgehead atoms. The summed E-state index contributed by atoms with van der Waals surface area (Å²) < 4.78 is 30.5. The van der Waals surface area contributed by atoms with E-state index in [2.05, 4.69) is 5.32 Å². The van der Waals surface area contributed by atoms with Crippen LogP contribution in [-0.4, -0.2) is 38.8 Å². The van der Waals surface area contributed by atoms with Crippen molar-refractivity contribution in [3.63, 3.8) is 0 Å². The minimum absolute atomic E-state index is 0.000438. The number of amides is 1. The van der Waals surface area contributed by atoms with Gasteiger partial charge in [0.2, 0.25) is 5.91 Å². The molecule has 1 N–H and O–H groups in total. The lowest BCUT2D eigenvalue weighted by Gasteiger charge is -2.16. The molecule has 0 unspecified atom stereocenters. The molecule has 1 amide bonds. The van der Waals surface area contributed by atoms with Crippen molar-refractivity contribution in [2.45, 2.75) is 49.9 Å². The normalized spacial score (nSPS) is 19.9. The second-order valence-electron chi connectivity index (χ2n) is 5.81. The van der Waals surface area contributed by atoms with Crippen molar-refractivity contribution in [2.75, 3.05) is 13.2 Å². The first-order valence-electron chi connectivity index (χ1n) is 7.53. The van der Waals surface area contributed by atoms with E-state index in [-0.39, 0.29) is 11.0 Å². The molecule has 1 aliphatic heterocycles. The van der Waals surface area contributed by atoms with Crippen molar-refractivity contribution >= 4 is 15.7 Å². The van der Waals surface area contributed by atoms with E-state index < -0.39 is 21.0 Å². The van der Waals surface area contributed by atoms with Crippen LogP contribution in [-0.2, 0) is 19.4 Å². The van der Waals surface area contributed by atoms with Crippen LogP contribution in [0.2, 0.25) is 0 Å². The van der Waals surface area contributed by atoms with Gasteiger partial charge in [0.1, 0.15) is 5.25 Å². The zero-order valence-corrected chi connectivity index (χ0v) is 14.1. The molecular formula is C16H23NO4S. The van der Waals surface area contributed by atoms with Crippen LogP contribution < -0.4 is 5.32 Å². The minimum Gasteiger partial charge on any atom is -0.376 e. The molecule has 1 aromatic rings. The van der Waals surface area contributed by atoms with E-state index in [1.807, 2.05) is 13.8 Å². The van der Waals surface area contributed by atoms with E-state index in [9.17, 15) is 13.2 Å². The van der Waals surface area contributed by atoms with Crippen LogP contribution in [0.3, 0.4) is 0 Å². The Labute approximate surface area is 132 Å². The van der Waals surface area contributed by atoms with Gasteiger partial charge >= 0.3 is 0 Å². The van der Waals surface area contributed by atoms with Crippen LogP contribution in [0.25, 0.3) is 0 Å². The molecule has 2 rings (SSSR count). The van der Waals surface area contributed by atoms with Crippen molar-refractivity contribution in [1.29, 1.82) is 0 Å². The molecule has 22 heavy (non-hydrogen) atoms. The maximum Gasteiger partial charge on any atom is 0.238 e. The Morgan fingerprint density at radius 1 is 1.36 bits per heavy atom. The van der Waals surface area contributed by atoms with Gasteiger partial charge in [-0.25, -0.2) is 8.42 Å². The van der Waals surface area contributed by atoms with Gasteiger partial charge in [-0.3, -0.25) is 4.79 Å². The standard InChI is InChI=1S/C16H23NO4S/c1-11-6-7-15(9-12(11)2)22(19,20)13(3)16(18)17-10-14-5-4-8-21-14/h6-7,9,13-14H,4-5,8,10H2,1-3H3,(H,17,18)/t13-,14-/m1/s1. The van der Waals surface area contributed by atoms with Crippen molar-refractivity contribution in [3.8, 4) is 0 Å². The molecule has 0 saturated carbocycles. The minimum atomic E-state index is -3.68. The smallest absolute Gasteiger partial charge is 0.238 e. The van der Waals surface area contributed by atoms with Gasteiger partial charge in [-0.05, 0) is 56.9 Å². The Kier molecular flexibility index (Phi) is 5.24. The molecule has 1 aliphatic rings. The molecule has 2 atom stereocenters. The highest BCUT2D eigenvalue weighted by atomic mass is 32.2. The zero-order valence-electron chi connectivity index (χ0n) is 13.3. The van der Waals surface area contributed by atoms with E-state index in [0.29, 0.717) is 13.2 Å². The van der Waals surface area contributed by atoms with Gasteiger partial charge in [0, 0.05) is 13.2 Å². The third-order valence-corrected chi connectivity index (χ3v) is 6.23. The predicted octanol–water partition coefficient (Wildman–Crippen LogP) is 1.76. The number of nitrogens with one attached hydrogen (secondary N) is 1. The van der Waals surface area contributed by atoms with Crippen molar-refractivity contribution in [3.05, 3.63) is 29.3 Å². The summed E-state index contributed by atoms with van der Waals surface area (Å²) in [6.45, 7) is 6.28. The number of rotatable bonds is 5. The Hall–Kier alpha value is -1.40. The van der Waals surface area contributed by atoms with Crippen LogP contribution in [0.4, 0.5) is 0 Å². The number of ether oxygens (including phenoxy) is 1. The van der Waals surface area contributed by atoms with Crippen LogP contribution in [0.15, 0.2) is 23.1 Å². The monoisotopic (exact) mass is 325 g/mol. The summed E-state index contributed by atoms with van der Waals surface area (Å²) in [4.78, 5) is 12.3. The van der Waals surface area contributed by atoms with E-state index in [1.54, 1.807) is 18.2 Å². The number of carbonyl (C=O) groups is 1. The summed E-state index contributed by atoms with van der Waals surface area (Å²) in [5.41, 5.74) is 1.92. The van der Waals surface area contributed by atoms with E-state index in [1.165, 1.54) is 6.92 Å². The van der Waals surface area contributed by atoms with Gasteiger partial charge in [-0.2, -0.15) is 0 Å². The van der Waals surface area contributed by atoms with E-state index in [4.69, 9.17) is 4.74 Å². The van der Waals surface area contributed by atoms with Gasteiger partial charge < -0.3 is 10.1 Å². The van der Waals surface area contributed by atoms with Gasteiger partial charge in [-0.1, -0.05) is 6.07 Å². The summed E-state index contributed by atoms with van der Waals surface area (Å²) >= 11 is 0. The van der Waals surface area contributed by atoms with E-state index in [0.717, 1.165) is 24.0 Å². The molecule has 1 aromatic carbocycles. The predicted molar refractivity (Wildman–Crippen MR) is 84.5 cm³/mol. The summed E-state index contributed by atoms with van der Waals surface area (Å²) in [6, 6.07) is 4.94. The van der Waals surface area contributed by atoms with Crippen molar-refractivity contribution < 1.29 is 17.9 Å². The second-order valence-corrected chi connectivity index (χ2v) is 8.08. The lowest BCUT2D eigenvalue weighted by atomic mass is 10.1. The number of benzene rings is 1. The number of aryl methyl sites for hydroxylation is 2. The van der Waals surface area contributed by atoms with Gasteiger partial charge in [-0.15, -0.1) is 0 Å². The highest BCUT2D eigenvalue weighted by Crippen LogP contribution is 2.20. The molecule has 0 spiro atoms. The Morgan fingerprint density at radius 2 is 2.09 bits per heavy atom. The van der Waals surface area contributed by atoms with Gasteiger partial charge in [0.05, 0.1) is 11.0 Å². The quantitative estimate of drug-likeness (QED) is 0.895. The summed E-state index contributed by atoms with van der Waals surface area (Å²) in [5.74, 6) is -0.478. The molecule has 122 valence electrons. The summed E-state index contributed by atoms with van der Waals surface area (Å²) in [7, 11) is -3.68. The number of carbonyl (C=O) groups excluding carboxylic acids is 1. The fourth-order valence-electron chi connectivity index (χ4n) is 2.40. The average Bonchev–Trinajstić information content (AvgIpc) is 3.00.